The smallest absolute Gasteiger partial charge is 0.242 e. The minimum Gasteiger partial charge on any atom is -0.486 e. The first-order chi connectivity index (χ1) is 14.9. The summed E-state index contributed by atoms with van der Waals surface area (Å²) in [6, 6.07) is 10.2. The second-order valence-corrected chi connectivity index (χ2v) is 8.15. The van der Waals surface area contributed by atoms with Gasteiger partial charge in [0.2, 0.25) is 11.8 Å². The zero-order chi connectivity index (χ0) is 22.4. The Labute approximate surface area is 192 Å². The summed E-state index contributed by atoms with van der Waals surface area (Å²) in [5.41, 5.74) is 1.70. The van der Waals surface area contributed by atoms with E-state index >= 15 is 0 Å². The number of ether oxygens (including phenoxy) is 2. The van der Waals surface area contributed by atoms with Crippen molar-refractivity contribution in [2.45, 2.75) is 39.3 Å². The lowest BCUT2D eigenvalue weighted by molar-refractivity contribution is -0.140. The normalized spacial score (nSPS) is 13.4. The lowest BCUT2D eigenvalue weighted by atomic mass is 10.1. The molecular weight excluding hydrogens is 439 g/mol. The molecule has 31 heavy (non-hydrogen) atoms. The number of rotatable bonds is 8. The largest absolute Gasteiger partial charge is 0.486 e. The number of nitrogens with zero attached hydrogens (tertiary/aromatic N) is 1. The van der Waals surface area contributed by atoms with Crippen molar-refractivity contribution in [1.82, 2.24) is 10.2 Å². The zero-order valence-electron chi connectivity index (χ0n) is 17.6. The van der Waals surface area contributed by atoms with Crippen molar-refractivity contribution in [1.29, 1.82) is 0 Å². The first-order valence-corrected chi connectivity index (χ1v) is 11.0. The Balaban J connectivity index is 1.74. The van der Waals surface area contributed by atoms with E-state index in [-0.39, 0.29) is 24.8 Å². The van der Waals surface area contributed by atoms with Crippen molar-refractivity contribution in [2.24, 2.45) is 0 Å². The highest BCUT2D eigenvalue weighted by atomic mass is 35.5. The van der Waals surface area contributed by atoms with Crippen molar-refractivity contribution >= 4 is 35.0 Å². The molecule has 0 aromatic heterocycles. The van der Waals surface area contributed by atoms with E-state index in [9.17, 15) is 9.59 Å². The van der Waals surface area contributed by atoms with E-state index in [4.69, 9.17) is 32.7 Å². The van der Waals surface area contributed by atoms with Crippen LogP contribution in [0.25, 0.3) is 0 Å². The van der Waals surface area contributed by atoms with Crippen LogP contribution in [0.4, 0.5) is 0 Å². The number of hydrogen-bond acceptors (Lipinski definition) is 4. The molecule has 8 heteroatoms. The summed E-state index contributed by atoms with van der Waals surface area (Å²) < 4.78 is 11.2. The molecule has 1 atom stereocenters. The van der Waals surface area contributed by atoms with Crippen molar-refractivity contribution < 1.29 is 19.1 Å². The van der Waals surface area contributed by atoms with Gasteiger partial charge in [0.15, 0.2) is 11.5 Å². The fourth-order valence-electron chi connectivity index (χ4n) is 3.38. The van der Waals surface area contributed by atoms with E-state index in [0.29, 0.717) is 47.7 Å². The lowest BCUT2D eigenvalue weighted by Gasteiger charge is -2.29. The van der Waals surface area contributed by atoms with Gasteiger partial charge in [-0.3, -0.25) is 9.59 Å². The number of aryl methyl sites for hydroxylation is 1. The molecule has 166 valence electrons. The molecule has 0 saturated heterocycles. The molecule has 6 nitrogen and oxygen atoms in total. The van der Waals surface area contributed by atoms with E-state index in [1.54, 1.807) is 30.0 Å². The Bertz CT molecular complexity index is 951. The topological polar surface area (TPSA) is 67.9 Å². The maximum absolute atomic E-state index is 13.2. The van der Waals surface area contributed by atoms with Crippen LogP contribution >= 0.6 is 23.2 Å². The van der Waals surface area contributed by atoms with Crippen molar-refractivity contribution in [3.8, 4) is 11.5 Å². The third kappa shape index (κ3) is 6.05. The SMILES string of the molecule is CCNC(=O)[C@@H](C)N(Cc1ccc(Cl)cc1Cl)C(=O)CCc1ccc2c(c1)OCCO2. The van der Waals surface area contributed by atoms with Gasteiger partial charge in [0.25, 0.3) is 0 Å². The molecule has 0 bridgehead atoms. The molecule has 1 heterocycles. The standard InChI is InChI=1S/C23H26Cl2N2O4/c1-3-26-23(29)15(2)27(14-17-6-7-18(24)13-19(17)25)22(28)9-5-16-4-8-20-21(12-16)31-11-10-30-20/h4,6-8,12-13,15H,3,5,9-11,14H2,1-2H3,(H,26,29)/t15-/m1/s1. The Morgan fingerprint density at radius 1 is 1.10 bits per heavy atom. The van der Waals surface area contributed by atoms with Crippen LogP contribution in [0.15, 0.2) is 36.4 Å². The Morgan fingerprint density at radius 3 is 2.55 bits per heavy atom. The van der Waals surface area contributed by atoms with Crippen LogP contribution in [-0.2, 0) is 22.6 Å². The second kappa shape index (κ2) is 10.7. The summed E-state index contributed by atoms with van der Waals surface area (Å²) in [7, 11) is 0. The summed E-state index contributed by atoms with van der Waals surface area (Å²) in [4.78, 5) is 27.2. The van der Waals surface area contributed by atoms with Gasteiger partial charge in [-0.05, 0) is 55.7 Å². The lowest BCUT2D eigenvalue weighted by Crippen LogP contribution is -2.47. The molecule has 2 amide bonds. The average molecular weight is 465 g/mol. The average Bonchev–Trinajstić information content (AvgIpc) is 2.76. The minimum absolute atomic E-state index is 0.139. The Kier molecular flexibility index (Phi) is 8.04. The molecule has 1 aliphatic rings. The molecule has 0 saturated carbocycles. The number of benzene rings is 2. The number of amides is 2. The number of carbonyl (C=O) groups is 2. The third-order valence-electron chi connectivity index (χ3n) is 5.11. The molecule has 2 aromatic rings. The predicted molar refractivity (Wildman–Crippen MR) is 121 cm³/mol. The number of carbonyl (C=O) groups excluding carboxylic acids is 2. The van der Waals surface area contributed by atoms with E-state index in [1.807, 2.05) is 25.1 Å². The van der Waals surface area contributed by atoms with Crippen molar-refractivity contribution in [3.63, 3.8) is 0 Å². The predicted octanol–water partition coefficient (Wildman–Crippen LogP) is 4.25. The van der Waals surface area contributed by atoms with Gasteiger partial charge in [-0.2, -0.15) is 0 Å². The Morgan fingerprint density at radius 2 is 1.84 bits per heavy atom. The van der Waals surface area contributed by atoms with Crippen LogP contribution in [0, 0.1) is 0 Å². The number of nitrogens with one attached hydrogen (secondary N) is 1. The first-order valence-electron chi connectivity index (χ1n) is 10.3. The van der Waals surface area contributed by atoms with Gasteiger partial charge in [0.05, 0.1) is 0 Å². The highest BCUT2D eigenvalue weighted by Crippen LogP contribution is 2.31. The van der Waals surface area contributed by atoms with Crippen LogP contribution in [0.2, 0.25) is 10.0 Å². The molecule has 0 aliphatic carbocycles. The summed E-state index contributed by atoms with van der Waals surface area (Å²) in [6.45, 7) is 5.31. The summed E-state index contributed by atoms with van der Waals surface area (Å²) in [6.07, 6.45) is 0.761. The fourth-order valence-corrected chi connectivity index (χ4v) is 3.84. The van der Waals surface area contributed by atoms with E-state index in [0.717, 1.165) is 11.1 Å². The van der Waals surface area contributed by atoms with Crippen LogP contribution in [0.1, 0.15) is 31.4 Å². The maximum atomic E-state index is 13.2. The highest BCUT2D eigenvalue weighted by molar-refractivity contribution is 6.35. The van der Waals surface area contributed by atoms with Gasteiger partial charge in [-0.15, -0.1) is 0 Å². The van der Waals surface area contributed by atoms with Crippen LogP contribution in [0.5, 0.6) is 11.5 Å². The molecule has 0 fully saturated rings. The van der Waals surface area contributed by atoms with Crippen LogP contribution < -0.4 is 14.8 Å². The third-order valence-corrected chi connectivity index (χ3v) is 5.70. The molecule has 3 rings (SSSR count). The molecule has 1 aliphatic heterocycles. The van der Waals surface area contributed by atoms with Gasteiger partial charge in [-0.1, -0.05) is 35.3 Å². The van der Waals surface area contributed by atoms with Gasteiger partial charge < -0.3 is 19.7 Å². The number of fused-ring (bicyclic) bond motifs is 1. The van der Waals surface area contributed by atoms with Crippen LogP contribution in [0.3, 0.4) is 0 Å². The fraction of sp³-hybridized carbons (Fsp3) is 0.391. The number of likely N-dealkylation sites (N-methyl/N-ethyl adjacent to an activating group) is 1. The van der Waals surface area contributed by atoms with Crippen molar-refractivity contribution in [2.75, 3.05) is 19.8 Å². The maximum Gasteiger partial charge on any atom is 0.242 e. The summed E-state index contributed by atoms with van der Waals surface area (Å²) in [5, 5.41) is 3.76. The van der Waals surface area contributed by atoms with Crippen molar-refractivity contribution in [3.05, 3.63) is 57.6 Å². The van der Waals surface area contributed by atoms with E-state index in [1.165, 1.54) is 0 Å². The number of hydrogen-bond donors (Lipinski definition) is 1. The molecule has 0 unspecified atom stereocenters. The highest BCUT2D eigenvalue weighted by Gasteiger charge is 2.26. The zero-order valence-corrected chi connectivity index (χ0v) is 19.1. The monoisotopic (exact) mass is 464 g/mol. The summed E-state index contributed by atoms with van der Waals surface area (Å²) in [5.74, 6) is 1.06. The second-order valence-electron chi connectivity index (χ2n) is 7.31. The van der Waals surface area contributed by atoms with Gasteiger partial charge in [-0.25, -0.2) is 0 Å². The first kappa shape index (κ1) is 23.2. The molecule has 0 spiro atoms. The number of halogens is 2. The summed E-state index contributed by atoms with van der Waals surface area (Å²) >= 11 is 12.3. The van der Waals surface area contributed by atoms with Crippen LogP contribution in [-0.4, -0.2) is 42.5 Å². The Hall–Kier alpha value is -2.44. The van der Waals surface area contributed by atoms with Gasteiger partial charge in [0, 0.05) is 29.6 Å². The molecule has 1 N–H and O–H groups in total. The molecule has 2 aromatic carbocycles. The molecular formula is C23H26Cl2N2O4. The van der Waals surface area contributed by atoms with Gasteiger partial charge in [0.1, 0.15) is 19.3 Å². The molecule has 0 radical (unpaired) electrons. The van der Waals surface area contributed by atoms with E-state index < -0.39 is 6.04 Å². The quantitative estimate of drug-likeness (QED) is 0.633. The minimum atomic E-state index is -0.639. The van der Waals surface area contributed by atoms with Gasteiger partial charge >= 0.3 is 0 Å². The van der Waals surface area contributed by atoms with E-state index in [2.05, 4.69) is 5.32 Å².